The van der Waals surface area contributed by atoms with Crippen LogP contribution in [0.15, 0.2) is 64.7 Å². The lowest BCUT2D eigenvalue weighted by Crippen LogP contribution is -2.49. The van der Waals surface area contributed by atoms with E-state index in [0.29, 0.717) is 5.92 Å². The third kappa shape index (κ3) is 2.52. The normalized spacial score (nSPS) is 33.3. The molecule has 4 atom stereocenters. The Hall–Kier alpha value is -2.62. The lowest BCUT2D eigenvalue weighted by molar-refractivity contribution is -0.135. The van der Waals surface area contributed by atoms with Crippen molar-refractivity contribution in [3.05, 3.63) is 60.2 Å². The van der Waals surface area contributed by atoms with Crippen LogP contribution in [0.3, 0.4) is 0 Å². The van der Waals surface area contributed by atoms with Crippen LogP contribution >= 0.6 is 0 Å². The molecule has 2 fully saturated rings. The van der Waals surface area contributed by atoms with Crippen molar-refractivity contribution in [1.82, 2.24) is 0 Å². The maximum absolute atomic E-state index is 6.37. The van der Waals surface area contributed by atoms with E-state index in [1.54, 1.807) is 0 Å². The Balaban J connectivity index is 1.36. The molecule has 2 aliphatic heterocycles. The molecule has 154 valence electrons. The minimum absolute atomic E-state index is 0.144. The summed E-state index contributed by atoms with van der Waals surface area (Å²) in [6, 6.07) is 19.2. The van der Waals surface area contributed by atoms with Crippen LogP contribution in [0.2, 0.25) is 0 Å². The van der Waals surface area contributed by atoms with Gasteiger partial charge in [-0.15, -0.1) is 0 Å². The van der Waals surface area contributed by atoms with Crippen molar-refractivity contribution in [3.8, 4) is 0 Å². The Morgan fingerprint density at radius 2 is 1.70 bits per heavy atom. The summed E-state index contributed by atoms with van der Waals surface area (Å²) in [5, 5.41) is 8.43. The van der Waals surface area contributed by atoms with Gasteiger partial charge in [-0.25, -0.2) is 4.99 Å². The summed E-state index contributed by atoms with van der Waals surface area (Å²) >= 11 is 0. The molecular formula is C26H29N3O. The summed E-state index contributed by atoms with van der Waals surface area (Å²) in [5.74, 6) is 1.38. The Morgan fingerprint density at radius 1 is 0.933 bits per heavy atom. The van der Waals surface area contributed by atoms with Gasteiger partial charge < -0.3 is 10.2 Å². The van der Waals surface area contributed by atoms with Crippen LogP contribution in [0.5, 0.6) is 0 Å². The average Bonchev–Trinajstić information content (AvgIpc) is 3.43. The number of aliphatic imine (C=N–C) groups is 1. The maximum Gasteiger partial charge on any atom is 0.151 e. The van der Waals surface area contributed by atoms with Crippen LogP contribution in [0.4, 0.5) is 11.4 Å². The number of anilines is 1. The fourth-order valence-electron chi connectivity index (χ4n) is 6.49. The molecule has 1 N–H and O–H groups in total. The van der Waals surface area contributed by atoms with Crippen LogP contribution in [0, 0.1) is 17.3 Å². The molecular weight excluding hydrogens is 370 g/mol. The number of nitrogens with zero attached hydrogens (tertiary/aromatic N) is 2. The van der Waals surface area contributed by atoms with Gasteiger partial charge in [0.2, 0.25) is 0 Å². The topological polar surface area (TPSA) is 46.0 Å². The number of fused-ring (bicyclic) bond motifs is 4. The highest BCUT2D eigenvalue weighted by molar-refractivity contribution is 6.43. The molecule has 2 saturated carbocycles. The summed E-state index contributed by atoms with van der Waals surface area (Å²) in [6.07, 6.45) is 5.61. The quantitative estimate of drug-likeness (QED) is 0.645. The molecule has 0 amide bonds. The third-order valence-corrected chi connectivity index (χ3v) is 8.37. The first-order valence-corrected chi connectivity index (χ1v) is 11.3. The number of benzene rings is 2. The predicted octanol–water partition coefficient (Wildman–Crippen LogP) is 6.29. The monoisotopic (exact) mass is 399 g/mol. The van der Waals surface area contributed by atoms with Gasteiger partial charge in [-0.3, -0.25) is 0 Å². The summed E-state index contributed by atoms with van der Waals surface area (Å²) in [7, 11) is 0. The van der Waals surface area contributed by atoms with Gasteiger partial charge in [-0.2, -0.15) is 0 Å². The van der Waals surface area contributed by atoms with Gasteiger partial charge in [-0.1, -0.05) is 61.5 Å². The second-order valence-electron chi connectivity index (χ2n) is 10.0. The zero-order valence-corrected chi connectivity index (χ0v) is 17.8. The number of rotatable bonds is 2. The maximum atomic E-state index is 6.37. The van der Waals surface area contributed by atoms with Crippen molar-refractivity contribution in [3.63, 3.8) is 0 Å². The molecule has 0 saturated heterocycles. The molecule has 2 unspecified atom stereocenters. The van der Waals surface area contributed by atoms with Crippen molar-refractivity contribution in [2.24, 2.45) is 27.4 Å². The van der Waals surface area contributed by atoms with E-state index in [1.807, 2.05) is 0 Å². The number of hydrogen-bond donors (Lipinski definition) is 1. The van der Waals surface area contributed by atoms with E-state index in [4.69, 9.17) is 15.0 Å². The highest BCUT2D eigenvalue weighted by Crippen LogP contribution is 2.65. The summed E-state index contributed by atoms with van der Waals surface area (Å²) in [4.78, 5) is 11.5. The SMILES string of the molecule is CC1(C)[C@@H]2CC[C@@H](C2)C12CC(C1=Nc3ccccc3NC(c3ccccc3)C1)=NO2. The average molecular weight is 400 g/mol. The van der Waals surface area contributed by atoms with E-state index < -0.39 is 0 Å². The Morgan fingerprint density at radius 3 is 2.50 bits per heavy atom. The number of nitrogens with one attached hydrogen (secondary N) is 1. The van der Waals surface area contributed by atoms with E-state index in [-0.39, 0.29) is 17.1 Å². The third-order valence-electron chi connectivity index (χ3n) is 8.37. The van der Waals surface area contributed by atoms with Gasteiger partial charge in [0.05, 0.1) is 23.1 Å². The van der Waals surface area contributed by atoms with E-state index in [9.17, 15) is 0 Å². The Labute approximate surface area is 178 Å². The molecule has 2 heterocycles. The van der Waals surface area contributed by atoms with Gasteiger partial charge in [0.15, 0.2) is 5.60 Å². The van der Waals surface area contributed by atoms with E-state index in [2.05, 4.69) is 73.8 Å². The molecule has 6 rings (SSSR count). The molecule has 1 spiro atoms. The van der Waals surface area contributed by atoms with Crippen molar-refractivity contribution >= 4 is 22.8 Å². The van der Waals surface area contributed by atoms with Gasteiger partial charge in [-0.05, 0) is 42.9 Å². The first-order chi connectivity index (χ1) is 14.6. The fourth-order valence-corrected chi connectivity index (χ4v) is 6.49. The van der Waals surface area contributed by atoms with Gasteiger partial charge in [0.25, 0.3) is 0 Å². The zero-order chi connectivity index (χ0) is 20.3. The van der Waals surface area contributed by atoms with Gasteiger partial charge >= 0.3 is 0 Å². The van der Waals surface area contributed by atoms with Crippen LogP contribution in [-0.2, 0) is 4.84 Å². The first-order valence-electron chi connectivity index (χ1n) is 11.3. The van der Waals surface area contributed by atoms with Crippen molar-refractivity contribution in [2.45, 2.75) is 57.6 Å². The largest absolute Gasteiger partial charge is 0.388 e. The van der Waals surface area contributed by atoms with Crippen molar-refractivity contribution in [2.75, 3.05) is 5.32 Å². The minimum Gasteiger partial charge on any atom is -0.388 e. The molecule has 2 aromatic rings. The molecule has 0 aromatic heterocycles. The zero-order valence-electron chi connectivity index (χ0n) is 17.8. The molecule has 2 aliphatic carbocycles. The van der Waals surface area contributed by atoms with Crippen molar-refractivity contribution < 1.29 is 4.84 Å². The van der Waals surface area contributed by atoms with Crippen LogP contribution in [0.25, 0.3) is 0 Å². The van der Waals surface area contributed by atoms with E-state index in [0.717, 1.165) is 41.6 Å². The Kier molecular flexibility index (Phi) is 3.90. The summed E-state index contributed by atoms with van der Waals surface area (Å²) < 4.78 is 0. The lowest BCUT2D eigenvalue weighted by atomic mass is 9.63. The summed E-state index contributed by atoms with van der Waals surface area (Å²) in [5.41, 5.74) is 5.48. The van der Waals surface area contributed by atoms with Gasteiger partial charge in [0.1, 0.15) is 5.71 Å². The number of oxime groups is 1. The molecule has 2 bridgehead atoms. The molecule has 4 heteroatoms. The molecule has 30 heavy (non-hydrogen) atoms. The second kappa shape index (κ2) is 6.44. The molecule has 4 aliphatic rings. The molecule has 0 radical (unpaired) electrons. The predicted molar refractivity (Wildman–Crippen MR) is 121 cm³/mol. The van der Waals surface area contributed by atoms with Gasteiger partial charge in [0, 0.05) is 24.2 Å². The number of hydrogen-bond acceptors (Lipinski definition) is 4. The van der Waals surface area contributed by atoms with Crippen molar-refractivity contribution in [1.29, 1.82) is 0 Å². The summed E-state index contributed by atoms with van der Waals surface area (Å²) in [6.45, 7) is 4.79. The molecule has 4 nitrogen and oxygen atoms in total. The number of para-hydroxylation sites is 2. The minimum atomic E-state index is -0.144. The van der Waals surface area contributed by atoms with E-state index in [1.165, 1.54) is 24.8 Å². The second-order valence-corrected chi connectivity index (χ2v) is 10.0. The van der Waals surface area contributed by atoms with Crippen LogP contribution < -0.4 is 5.32 Å². The Bertz CT molecular complexity index is 1040. The van der Waals surface area contributed by atoms with Crippen LogP contribution in [0.1, 0.15) is 57.6 Å². The smallest absolute Gasteiger partial charge is 0.151 e. The standard InChI is InChI=1S/C26H29N3O/c1-25(2)18-12-13-19(14-18)26(25)16-24(29-30-26)23-15-22(17-8-4-3-5-9-17)27-20-10-6-7-11-21(20)28-23/h3-11,18-19,22,27H,12-16H2,1-2H3/t18-,19+,22?,26?/m1/s1. The highest BCUT2D eigenvalue weighted by Gasteiger charge is 2.67. The molecule has 2 aromatic carbocycles. The fraction of sp³-hybridized carbons (Fsp3) is 0.462. The van der Waals surface area contributed by atoms with Crippen LogP contribution in [-0.4, -0.2) is 17.0 Å². The lowest BCUT2D eigenvalue weighted by Gasteiger charge is -2.44. The first kappa shape index (κ1) is 18.2. The van der Waals surface area contributed by atoms with E-state index >= 15 is 0 Å². The highest BCUT2D eigenvalue weighted by atomic mass is 16.7.